The number of halogens is 3. The second-order valence-electron chi connectivity index (χ2n) is 2.30. The lowest BCUT2D eigenvalue weighted by atomic mass is 10.2. The van der Waals surface area contributed by atoms with Crippen LogP contribution in [0.5, 0.6) is 5.75 Å². The van der Waals surface area contributed by atoms with Crippen LogP contribution >= 0.6 is 0 Å². The quantitative estimate of drug-likeness (QED) is 0.520. The fourth-order valence-electron chi connectivity index (χ4n) is 0.873. The Kier molecular flexibility index (Phi) is 2.22. The molecule has 3 nitrogen and oxygen atoms in total. The van der Waals surface area contributed by atoms with Gasteiger partial charge < -0.3 is 16.2 Å². The summed E-state index contributed by atoms with van der Waals surface area (Å²) in [6, 6.07) is 0. The Balaban J connectivity index is 3.56. The van der Waals surface area contributed by atoms with Crippen LogP contribution in [0.3, 0.4) is 0 Å². The molecule has 0 aliphatic carbocycles. The van der Waals surface area contributed by atoms with Gasteiger partial charge in [-0.05, 0) is 0 Å². The van der Waals surface area contributed by atoms with Crippen molar-refractivity contribution in [3.05, 3.63) is 17.5 Å². The van der Waals surface area contributed by atoms with Crippen LogP contribution in [-0.4, -0.2) is 7.11 Å². The molecule has 0 aromatic heterocycles. The molecule has 1 aromatic rings. The van der Waals surface area contributed by atoms with Crippen molar-refractivity contribution in [3.63, 3.8) is 0 Å². The highest BCUT2D eigenvalue weighted by Gasteiger charge is 2.21. The first-order valence-electron chi connectivity index (χ1n) is 3.26. The van der Waals surface area contributed by atoms with E-state index in [0.717, 1.165) is 7.11 Å². The predicted molar refractivity (Wildman–Crippen MR) is 41.7 cm³/mol. The topological polar surface area (TPSA) is 61.3 Å². The van der Waals surface area contributed by atoms with Gasteiger partial charge in [0.2, 0.25) is 0 Å². The molecule has 4 N–H and O–H groups in total. The molecule has 0 aliphatic rings. The Morgan fingerprint density at radius 3 is 1.85 bits per heavy atom. The van der Waals surface area contributed by atoms with Crippen LogP contribution in [0.1, 0.15) is 0 Å². The molecule has 0 fully saturated rings. The Morgan fingerprint density at radius 2 is 1.38 bits per heavy atom. The van der Waals surface area contributed by atoms with Crippen LogP contribution in [0.15, 0.2) is 0 Å². The van der Waals surface area contributed by atoms with Crippen molar-refractivity contribution in [1.29, 1.82) is 0 Å². The molecule has 13 heavy (non-hydrogen) atoms. The molecule has 0 atom stereocenters. The van der Waals surface area contributed by atoms with Crippen molar-refractivity contribution in [3.8, 4) is 5.75 Å². The van der Waals surface area contributed by atoms with Crippen molar-refractivity contribution in [1.82, 2.24) is 0 Å². The maximum Gasteiger partial charge on any atom is 0.193 e. The molecule has 0 saturated carbocycles. The zero-order valence-electron chi connectivity index (χ0n) is 6.70. The summed E-state index contributed by atoms with van der Waals surface area (Å²) in [5, 5.41) is 0. The molecule has 0 unspecified atom stereocenters. The number of hydrogen-bond acceptors (Lipinski definition) is 3. The SMILES string of the molecule is COc1c(N)c(F)c(F)c(N)c1F. The van der Waals surface area contributed by atoms with E-state index in [4.69, 9.17) is 11.5 Å². The predicted octanol–water partition coefficient (Wildman–Crippen LogP) is 1.28. The van der Waals surface area contributed by atoms with Gasteiger partial charge in [-0.3, -0.25) is 0 Å². The molecule has 1 rings (SSSR count). The third-order valence-electron chi connectivity index (χ3n) is 1.55. The number of nitrogen functional groups attached to an aromatic ring is 2. The summed E-state index contributed by atoms with van der Waals surface area (Å²) in [5.74, 6) is -4.69. The van der Waals surface area contributed by atoms with Gasteiger partial charge in [-0.15, -0.1) is 0 Å². The van der Waals surface area contributed by atoms with Crippen molar-refractivity contribution in [2.75, 3.05) is 18.6 Å². The highest BCUT2D eigenvalue weighted by Crippen LogP contribution is 2.34. The van der Waals surface area contributed by atoms with E-state index in [1.54, 1.807) is 0 Å². The van der Waals surface area contributed by atoms with E-state index < -0.39 is 34.6 Å². The molecule has 0 spiro atoms. The van der Waals surface area contributed by atoms with Crippen LogP contribution in [0, 0.1) is 17.5 Å². The van der Waals surface area contributed by atoms with E-state index in [1.807, 2.05) is 0 Å². The first-order valence-corrected chi connectivity index (χ1v) is 3.26. The van der Waals surface area contributed by atoms with Crippen LogP contribution in [-0.2, 0) is 0 Å². The van der Waals surface area contributed by atoms with E-state index in [2.05, 4.69) is 4.74 Å². The van der Waals surface area contributed by atoms with Crippen molar-refractivity contribution in [2.24, 2.45) is 0 Å². The molecule has 72 valence electrons. The Hall–Kier alpha value is -1.59. The number of ether oxygens (including phenoxy) is 1. The van der Waals surface area contributed by atoms with Gasteiger partial charge in [-0.1, -0.05) is 0 Å². The minimum absolute atomic E-state index is 0.587. The van der Waals surface area contributed by atoms with Gasteiger partial charge in [0.1, 0.15) is 11.4 Å². The Morgan fingerprint density at radius 1 is 0.923 bits per heavy atom. The van der Waals surface area contributed by atoms with E-state index in [1.165, 1.54) is 0 Å². The summed E-state index contributed by atoms with van der Waals surface area (Å²) in [4.78, 5) is 0. The van der Waals surface area contributed by atoms with Gasteiger partial charge in [0.25, 0.3) is 0 Å². The average Bonchev–Trinajstić information content (AvgIpc) is 2.13. The van der Waals surface area contributed by atoms with Gasteiger partial charge in [0.05, 0.1) is 7.11 Å². The van der Waals surface area contributed by atoms with Crippen LogP contribution in [0.4, 0.5) is 24.5 Å². The van der Waals surface area contributed by atoms with Gasteiger partial charge in [0.15, 0.2) is 23.2 Å². The van der Waals surface area contributed by atoms with Crippen LogP contribution < -0.4 is 16.2 Å². The van der Waals surface area contributed by atoms with Gasteiger partial charge in [-0.2, -0.15) is 0 Å². The van der Waals surface area contributed by atoms with E-state index in [0.29, 0.717) is 0 Å². The highest BCUT2D eigenvalue weighted by atomic mass is 19.2. The van der Waals surface area contributed by atoms with E-state index >= 15 is 0 Å². The van der Waals surface area contributed by atoms with E-state index in [9.17, 15) is 13.2 Å². The first-order chi connectivity index (χ1) is 6.00. The lowest BCUT2D eigenvalue weighted by molar-refractivity contribution is 0.381. The van der Waals surface area contributed by atoms with Gasteiger partial charge in [0, 0.05) is 0 Å². The second-order valence-corrected chi connectivity index (χ2v) is 2.30. The molecule has 0 radical (unpaired) electrons. The molecule has 6 heteroatoms. The molecule has 0 amide bonds. The fraction of sp³-hybridized carbons (Fsp3) is 0.143. The standard InChI is InChI=1S/C7H7F3N2O/c1-13-7-4(10)5(11)2(8)3(9)6(7)12/h11-12H2,1H3. The molecule has 0 bridgehead atoms. The Labute approximate surface area is 72.1 Å². The zero-order valence-corrected chi connectivity index (χ0v) is 6.70. The highest BCUT2D eigenvalue weighted by molar-refractivity contribution is 5.62. The minimum Gasteiger partial charge on any atom is -0.491 e. The monoisotopic (exact) mass is 192 g/mol. The summed E-state index contributed by atoms with van der Waals surface area (Å²) in [6.45, 7) is 0. The minimum atomic E-state index is -1.50. The van der Waals surface area contributed by atoms with Gasteiger partial charge >= 0.3 is 0 Å². The van der Waals surface area contributed by atoms with E-state index in [-0.39, 0.29) is 0 Å². The van der Waals surface area contributed by atoms with Crippen LogP contribution in [0.2, 0.25) is 0 Å². The Bertz CT molecular complexity index is 325. The fourth-order valence-corrected chi connectivity index (χ4v) is 0.873. The smallest absolute Gasteiger partial charge is 0.193 e. The average molecular weight is 192 g/mol. The largest absolute Gasteiger partial charge is 0.491 e. The summed E-state index contributed by atoms with van der Waals surface area (Å²) >= 11 is 0. The third-order valence-corrected chi connectivity index (χ3v) is 1.55. The molecular formula is C7H7F3N2O. The number of rotatable bonds is 1. The second kappa shape index (κ2) is 3.04. The molecular weight excluding hydrogens is 185 g/mol. The molecule has 1 aromatic carbocycles. The molecule has 0 aliphatic heterocycles. The molecule has 0 saturated heterocycles. The number of methoxy groups -OCH3 is 1. The summed E-state index contributed by atoms with van der Waals surface area (Å²) in [5.41, 5.74) is 8.26. The lowest BCUT2D eigenvalue weighted by Gasteiger charge is -2.09. The summed E-state index contributed by atoms with van der Waals surface area (Å²) < 4.78 is 42.9. The van der Waals surface area contributed by atoms with Gasteiger partial charge in [-0.25, -0.2) is 13.2 Å². The van der Waals surface area contributed by atoms with Crippen molar-refractivity contribution < 1.29 is 17.9 Å². The van der Waals surface area contributed by atoms with Crippen molar-refractivity contribution in [2.45, 2.75) is 0 Å². The van der Waals surface area contributed by atoms with Crippen LogP contribution in [0.25, 0.3) is 0 Å². The maximum atomic E-state index is 13.0. The normalized spacial score (nSPS) is 10.2. The van der Waals surface area contributed by atoms with Crippen molar-refractivity contribution >= 4 is 11.4 Å². The summed E-state index contributed by atoms with van der Waals surface area (Å²) in [6.07, 6.45) is 0. The third kappa shape index (κ3) is 1.24. The lowest BCUT2D eigenvalue weighted by Crippen LogP contribution is -2.06. The molecule has 0 heterocycles. The maximum absolute atomic E-state index is 13.0. The number of nitrogens with two attached hydrogens (primary N) is 2. The zero-order chi connectivity index (χ0) is 10.2. The number of hydrogen-bond donors (Lipinski definition) is 2. The number of anilines is 2. The first kappa shape index (κ1) is 9.50. The summed E-state index contributed by atoms with van der Waals surface area (Å²) in [7, 11) is 1.07. The number of benzene rings is 1.